The van der Waals surface area contributed by atoms with Crippen molar-refractivity contribution in [2.75, 3.05) is 0 Å². The molecule has 0 fully saturated rings. The molecule has 0 aliphatic heterocycles. The number of carbonyl (C=O) groups is 1. The van der Waals surface area contributed by atoms with Gasteiger partial charge < -0.3 is 9.90 Å². The highest BCUT2D eigenvalue weighted by Gasteiger charge is 2.06. The number of aryl methyl sites for hydroxylation is 6. The van der Waals surface area contributed by atoms with E-state index in [-0.39, 0.29) is 6.10 Å². The third-order valence-electron chi connectivity index (χ3n) is 4.47. The Morgan fingerprint density at radius 1 is 0.800 bits per heavy atom. The van der Waals surface area contributed by atoms with Crippen LogP contribution >= 0.6 is 0 Å². The van der Waals surface area contributed by atoms with E-state index >= 15 is 0 Å². The zero-order chi connectivity index (χ0) is 19.1. The molecule has 1 atom stereocenters. The van der Waals surface area contributed by atoms with Crippen LogP contribution in [0.2, 0.25) is 0 Å². The molecule has 2 rings (SSSR count). The summed E-state index contributed by atoms with van der Waals surface area (Å²) in [7, 11) is 0. The predicted octanol–water partition coefficient (Wildman–Crippen LogP) is 4.89. The van der Waals surface area contributed by atoms with E-state index in [1.165, 1.54) is 44.5 Å². The first-order valence-corrected chi connectivity index (χ1v) is 8.90. The third kappa shape index (κ3) is 6.47. The Morgan fingerprint density at radius 2 is 1.16 bits per heavy atom. The Balaban J connectivity index is 0.000000251. The zero-order valence-electron chi connectivity index (χ0n) is 16.7. The lowest BCUT2D eigenvalue weighted by molar-refractivity contribution is -0.107. The van der Waals surface area contributed by atoms with Crippen molar-refractivity contribution in [3.05, 3.63) is 68.8 Å². The largest absolute Gasteiger partial charge is 0.393 e. The Hall–Kier alpha value is -1.93. The van der Waals surface area contributed by atoms with Crippen molar-refractivity contribution in [3.8, 4) is 0 Å². The summed E-state index contributed by atoms with van der Waals surface area (Å²) >= 11 is 0. The lowest BCUT2D eigenvalue weighted by atomic mass is 9.96. The van der Waals surface area contributed by atoms with Gasteiger partial charge in [-0.05, 0) is 88.3 Å². The van der Waals surface area contributed by atoms with Crippen LogP contribution in [0.15, 0.2) is 24.3 Å². The molecule has 2 nitrogen and oxygen atoms in total. The van der Waals surface area contributed by atoms with Gasteiger partial charge in [-0.1, -0.05) is 35.4 Å². The number of hydrogen-bond donors (Lipinski definition) is 1. The summed E-state index contributed by atoms with van der Waals surface area (Å²) in [6.45, 7) is 14.3. The van der Waals surface area contributed by atoms with Gasteiger partial charge >= 0.3 is 0 Å². The fraction of sp³-hybridized carbons (Fsp3) is 0.435. The molecule has 0 aliphatic rings. The topological polar surface area (TPSA) is 37.3 Å². The molecule has 1 unspecified atom stereocenters. The van der Waals surface area contributed by atoms with E-state index in [0.717, 1.165) is 12.7 Å². The highest BCUT2D eigenvalue weighted by Crippen LogP contribution is 2.18. The second kappa shape index (κ2) is 9.53. The SMILES string of the molecule is Cc1cc(C)c(CC(C)O)c(C)c1.Cc1cc(C)c(CC=O)c(C)c1. The van der Waals surface area contributed by atoms with Crippen molar-refractivity contribution in [2.24, 2.45) is 0 Å². The van der Waals surface area contributed by atoms with E-state index in [9.17, 15) is 9.90 Å². The van der Waals surface area contributed by atoms with Crippen molar-refractivity contribution in [1.29, 1.82) is 0 Å². The first kappa shape index (κ1) is 21.1. The number of rotatable bonds is 4. The van der Waals surface area contributed by atoms with Crippen LogP contribution in [0, 0.1) is 41.5 Å². The molecule has 0 bridgehead atoms. The number of benzene rings is 2. The molecule has 0 aromatic heterocycles. The number of aliphatic hydroxyl groups is 1. The van der Waals surface area contributed by atoms with Crippen LogP contribution in [0.5, 0.6) is 0 Å². The quantitative estimate of drug-likeness (QED) is 0.805. The number of aliphatic hydroxyl groups excluding tert-OH is 1. The van der Waals surface area contributed by atoms with Gasteiger partial charge in [-0.25, -0.2) is 0 Å². The van der Waals surface area contributed by atoms with Crippen LogP contribution in [-0.2, 0) is 17.6 Å². The van der Waals surface area contributed by atoms with E-state index in [1.807, 2.05) is 6.92 Å². The molecular weight excluding hydrogens is 308 g/mol. The normalized spacial score (nSPS) is 11.5. The second-order valence-electron chi connectivity index (χ2n) is 7.18. The van der Waals surface area contributed by atoms with Gasteiger partial charge in [0, 0.05) is 6.42 Å². The first-order valence-electron chi connectivity index (χ1n) is 8.90. The zero-order valence-corrected chi connectivity index (χ0v) is 16.7. The summed E-state index contributed by atoms with van der Waals surface area (Å²) in [6.07, 6.45) is 2.01. The van der Waals surface area contributed by atoms with Gasteiger partial charge in [-0.15, -0.1) is 0 Å². The molecule has 136 valence electrons. The van der Waals surface area contributed by atoms with Crippen molar-refractivity contribution in [3.63, 3.8) is 0 Å². The highest BCUT2D eigenvalue weighted by molar-refractivity contribution is 5.58. The first-order chi connectivity index (χ1) is 11.6. The summed E-state index contributed by atoms with van der Waals surface area (Å²) in [5, 5.41) is 9.32. The molecule has 0 radical (unpaired) electrons. The fourth-order valence-electron chi connectivity index (χ4n) is 3.44. The number of hydrogen-bond acceptors (Lipinski definition) is 2. The minimum Gasteiger partial charge on any atom is -0.393 e. The lowest BCUT2D eigenvalue weighted by Gasteiger charge is -2.12. The molecular formula is C23H32O2. The maximum absolute atomic E-state index is 10.4. The van der Waals surface area contributed by atoms with E-state index in [4.69, 9.17) is 0 Å². The smallest absolute Gasteiger partial charge is 0.124 e. The molecule has 0 amide bonds. The van der Waals surface area contributed by atoms with Gasteiger partial charge in [-0.3, -0.25) is 0 Å². The average Bonchev–Trinajstić information content (AvgIpc) is 2.47. The van der Waals surface area contributed by atoms with Crippen LogP contribution in [0.3, 0.4) is 0 Å². The standard InChI is InChI=1S/C12H18O.C11H14O/c1-8-5-9(2)12(7-11(4)13)10(3)6-8;1-8-6-9(2)11(4-5-12)10(3)7-8/h5-6,11,13H,7H2,1-4H3;5-7H,4H2,1-3H3. The second-order valence-corrected chi connectivity index (χ2v) is 7.18. The minimum atomic E-state index is -0.250. The molecule has 2 aromatic rings. The van der Waals surface area contributed by atoms with Crippen LogP contribution < -0.4 is 0 Å². The van der Waals surface area contributed by atoms with E-state index in [0.29, 0.717) is 6.42 Å². The van der Waals surface area contributed by atoms with Crippen LogP contribution in [0.25, 0.3) is 0 Å². The Kier molecular flexibility index (Phi) is 8.05. The lowest BCUT2D eigenvalue weighted by Crippen LogP contribution is -2.07. The number of aldehydes is 1. The summed E-state index contributed by atoms with van der Waals surface area (Å²) in [5.41, 5.74) is 10.1. The highest BCUT2D eigenvalue weighted by atomic mass is 16.3. The Bertz CT molecular complexity index is 681. The van der Waals surface area contributed by atoms with Crippen molar-refractivity contribution < 1.29 is 9.90 Å². The van der Waals surface area contributed by atoms with Gasteiger partial charge in [0.05, 0.1) is 6.10 Å². The molecule has 0 heterocycles. The van der Waals surface area contributed by atoms with Gasteiger partial charge in [0.25, 0.3) is 0 Å². The predicted molar refractivity (Wildman–Crippen MR) is 106 cm³/mol. The van der Waals surface area contributed by atoms with Crippen molar-refractivity contribution >= 4 is 6.29 Å². The van der Waals surface area contributed by atoms with Crippen LogP contribution in [-0.4, -0.2) is 17.5 Å². The Labute approximate surface area is 152 Å². The maximum atomic E-state index is 10.4. The summed E-state index contributed by atoms with van der Waals surface area (Å²) in [5.74, 6) is 0. The molecule has 1 N–H and O–H groups in total. The van der Waals surface area contributed by atoms with E-state index in [2.05, 4.69) is 65.8 Å². The number of carbonyl (C=O) groups excluding carboxylic acids is 1. The van der Waals surface area contributed by atoms with Gasteiger partial charge in [0.2, 0.25) is 0 Å². The Morgan fingerprint density at radius 3 is 1.48 bits per heavy atom. The molecule has 2 heteroatoms. The van der Waals surface area contributed by atoms with Crippen LogP contribution in [0.1, 0.15) is 51.4 Å². The monoisotopic (exact) mass is 340 g/mol. The molecule has 0 spiro atoms. The third-order valence-corrected chi connectivity index (χ3v) is 4.47. The molecule has 0 saturated carbocycles. The molecule has 0 aliphatic carbocycles. The average molecular weight is 341 g/mol. The summed E-state index contributed by atoms with van der Waals surface area (Å²) < 4.78 is 0. The van der Waals surface area contributed by atoms with Gasteiger partial charge in [-0.2, -0.15) is 0 Å². The van der Waals surface area contributed by atoms with Gasteiger partial charge in [0.1, 0.15) is 6.29 Å². The minimum absolute atomic E-state index is 0.250. The fourth-order valence-corrected chi connectivity index (χ4v) is 3.44. The molecule has 0 saturated heterocycles. The van der Waals surface area contributed by atoms with Gasteiger partial charge in [0.15, 0.2) is 0 Å². The maximum Gasteiger partial charge on any atom is 0.124 e. The van der Waals surface area contributed by atoms with Crippen molar-refractivity contribution in [1.82, 2.24) is 0 Å². The van der Waals surface area contributed by atoms with E-state index < -0.39 is 0 Å². The summed E-state index contributed by atoms with van der Waals surface area (Å²) in [6, 6.07) is 8.58. The van der Waals surface area contributed by atoms with Crippen LogP contribution in [0.4, 0.5) is 0 Å². The molecule has 2 aromatic carbocycles. The summed E-state index contributed by atoms with van der Waals surface area (Å²) in [4.78, 5) is 10.4. The van der Waals surface area contributed by atoms with Crippen molar-refractivity contribution in [2.45, 2.75) is 67.4 Å². The molecule has 25 heavy (non-hydrogen) atoms. The van der Waals surface area contributed by atoms with E-state index in [1.54, 1.807) is 0 Å².